The minimum atomic E-state index is -3.77. The van der Waals surface area contributed by atoms with Gasteiger partial charge in [-0.05, 0) is 32.1 Å². The highest BCUT2D eigenvalue weighted by Crippen LogP contribution is 2.24. The lowest BCUT2D eigenvalue weighted by Crippen LogP contribution is -2.56. The molecular weight excluding hydrogens is 260 g/mol. The highest BCUT2D eigenvalue weighted by molar-refractivity contribution is 7.87. The maximum absolute atomic E-state index is 12.1. The molecule has 0 aromatic heterocycles. The maximum Gasteiger partial charge on any atom is 0.322 e. The van der Waals surface area contributed by atoms with Crippen LogP contribution in [0.3, 0.4) is 0 Å². The number of aliphatic hydroxyl groups excluding tert-OH is 1. The number of piperidine rings is 1. The molecule has 2 fully saturated rings. The molecule has 1 atom stereocenters. The SMILES string of the molecule is O=C(O)C1CCCCN1S(=O)(=O)NC1CC(O)C1. The zero-order chi connectivity index (χ0) is 13.3. The number of aliphatic hydroxyl groups is 1. The lowest BCUT2D eigenvalue weighted by atomic mass is 9.91. The molecule has 0 aromatic carbocycles. The van der Waals surface area contributed by atoms with E-state index in [-0.39, 0.29) is 12.6 Å². The molecule has 0 radical (unpaired) electrons. The van der Waals surface area contributed by atoms with Gasteiger partial charge in [0.25, 0.3) is 10.2 Å². The molecule has 7 nitrogen and oxygen atoms in total. The van der Waals surface area contributed by atoms with Crippen molar-refractivity contribution in [3.05, 3.63) is 0 Å². The van der Waals surface area contributed by atoms with Crippen molar-refractivity contribution in [1.82, 2.24) is 9.03 Å². The Morgan fingerprint density at radius 2 is 1.94 bits per heavy atom. The van der Waals surface area contributed by atoms with Gasteiger partial charge in [-0.3, -0.25) is 4.79 Å². The summed E-state index contributed by atoms with van der Waals surface area (Å²) in [4.78, 5) is 11.1. The van der Waals surface area contributed by atoms with E-state index in [2.05, 4.69) is 4.72 Å². The number of aliphatic carboxylic acids is 1. The summed E-state index contributed by atoms with van der Waals surface area (Å²) in [6, 6.07) is -1.25. The fourth-order valence-corrected chi connectivity index (χ4v) is 4.05. The van der Waals surface area contributed by atoms with Crippen LogP contribution in [0.5, 0.6) is 0 Å². The largest absolute Gasteiger partial charge is 0.480 e. The molecule has 2 rings (SSSR count). The van der Waals surface area contributed by atoms with Crippen molar-refractivity contribution >= 4 is 16.2 Å². The highest BCUT2D eigenvalue weighted by Gasteiger charge is 2.39. The molecule has 1 aliphatic heterocycles. The standard InChI is InChI=1S/C10H18N2O5S/c13-8-5-7(6-8)11-18(16,17)12-4-2-1-3-9(12)10(14)15/h7-9,11,13H,1-6H2,(H,14,15). The van der Waals surface area contributed by atoms with Gasteiger partial charge >= 0.3 is 5.97 Å². The van der Waals surface area contributed by atoms with Crippen LogP contribution in [0.15, 0.2) is 0 Å². The fraction of sp³-hybridized carbons (Fsp3) is 0.900. The van der Waals surface area contributed by atoms with E-state index in [0.29, 0.717) is 25.7 Å². The Hall–Kier alpha value is -0.700. The quantitative estimate of drug-likeness (QED) is 0.629. The molecule has 1 aliphatic carbocycles. The number of nitrogens with zero attached hydrogens (tertiary/aromatic N) is 1. The fourth-order valence-electron chi connectivity index (χ4n) is 2.40. The van der Waals surface area contributed by atoms with Crippen LogP contribution < -0.4 is 4.72 Å². The summed E-state index contributed by atoms with van der Waals surface area (Å²) in [5.74, 6) is -1.10. The lowest BCUT2D eigenvalue weighted by molar-refractivity contribution is -0.142. The summed E-state index contributed by atoms with van der Waals surface area (Å²) in [5, 5.41) is 18.2. The molecule has 1 saturated heterocycles. The molecule has 0 bridgehead atoms. The van der Waals surface area contributed by atoms with E-state index in [1.165, 1.54) is 0 Å². The van der Waals surface area contributed by atoms with Crippen LogP contribution in [0.1, 0.15) is 32.1 Å². The van der Waals surface area contributed by atoms with Gasteiger partial charge in [-0.1, -0.05) is 0 Å². The van der Waals surface area contributed by atoms with Gasteiger partial charge in [0.1, 0.15) is 6.04 Å². The van der Waals surface area contributed by atoms with Crippen LogP contribution in [-0.2, 0) is 15.0 Å². The highest BCUT2D eigenvalue weighted by atomic mass is 32.2. The van der Waals surface area contributed by atoms with Crippen molar-refractivity contribution in [3.63, 3.8) is 0 Å². The smallest absolute Gasteiger partial charge is 0.322 e. The Labute approximate surface area is 106 Å². The third kappa shape index (κ3) is 2.82. The molecule has 8 heteroatoms. The van der Waals surface area contributed by atoms with Crippen molar-refractivity contribution in [1.29, 1.82) is 0 Å². The summed E-state index contributed by atoms with van der Waals surface area (Å²) in [6.45, 7) is 0.238. The first-order valence-electron chi connectivity index (χ1n) is 6.10. The second-order valence-electron chi connectivity index (χ2n) is 4.91. The summed E-state index contributed by atoms with van der Waals surface area (Å²) in [7, 11) is -3.77. The molecule has 0 amide bonds. The summed E-state index contributed by atoms with van der Waals surface area (Å²) in [5.41, 5.74) is 0. The minimum absolute atomic E-state index is 0.238. The monoisotopic (exact) mass is 278 g/mol. The van der Waals surface area contributed by atoms with E-state index >= 15 is 0 Å². The predicted octanol–water partition coefficient (Wildman–Crippen LogP) is -0.717. The topological polar surface area (TPSA) is 107 Å². The van der Waals surface area contributed by atoms with Crippen molar-refractivity contribution in [3.8, 4) is 0 Å². The van der Waals surface area contributed by atoms with E-state index in [1.54, 1.807) is 0 Å². The summed E-state index contributed by atoms with van der Waals surface area (Å²) < 4.78 is 27.6. The first kappa shape index (κ1) is 13.7. The molecule has 1 saturated carbocycles. The Kier molecular flexibility index (Phi) is 3.90. The summed E-state index contributed by atoms with van der Waals surface area (Å²) >= 11 is 0. The van der Waals surface area contributed by atoms with Crippen molar-refractivity contribution in [2.75, 3.05) is 6.54 Å². The molecule has 1 heterocycles. The van der Waals surface area contributed by atoms with Gasteiger partial charge in [0.15, 0.2) is 0 Å². The summed E-state index contributed by atoms with van der Waals surface area (Å²) in [6.07, 6.45) is 2.09. The average molecular weight is 278 g/mol. The Bertz CT molecular complexity index is 418. The molecule has 1 unspecified atom stereocenters. The van der Waals surface area contributed by atoms with E-state index < -0.39 is 28.3 Å². The van der Waals surface area contributed by atoms with Crippen LogP contribution >= 0.6 is 0 Å². The van der Waals surface area contributed by atoms with Crippen LogP contribution in [-0.4, -0.2) is 53.6 Å². The Morgan fingerprint density at radius 1 is 1.28 bits per heavy atom. The molecule has 2 aliphatic rings. The van der Waals surface area contributed by atoms with Gasteiger partial charge < -0.3 is 10.2 Å². The van der Waals surface area contributed by atoms with Gasteiger partial charge in [0, 0.05) is 12.6 Å². The van der Waals surface area contributed by atoms with E-state index in [9.17, 15) is 13.2 Å². The number of hydrogen-bond acceptors (Lipinski definition) is 4. The van der Waals surface area contributed by atoms with Gasteiger partial charge in [-0.25, -0.2) is 0 Å². The molecule has 0 spiro atoms. The van der Waals surface area contributed by atoms with Gasteiger partial charge in [0.2, 0.25) is 0 Å². The first-order chi connectivity index (χ1) is 8.40. The molecule has 0 aromatic rings. The number of carbonyl (C=O) groups is 1. The second-order valence-corrected chi connectivity index (χ2v) is 6.56. The number of carboxylic acid groups (broad SMARTS) is 1. The van der Waals surface area contributed by atoms with Crippen molar-refractivity contribution < 1.29 is 23.4 Å². The van der Waals surface area contributed by atoms with Gasteiger partial charge in [-0.2, -0.15) is 17.4 Å². The molecule has 18 heavy (non-hydrogen) atoms. The molecule has 104 valence electrons. The minimum Gasteiger partial charge on any atom is -0.480 e. The number of carboxylic acids is 1. The third-order valence-corrected chi connectivity index (χ3v) is 5.16. The molecular formula is C10H18N2O5S. The van der Waals surface area contributed by atoms with Crippen LogP contribution in [0.2, 0.25) is 0 Å². The number of rotatable bonds is 4. The van der Waals surface area contributed by atoms with Gasteiger partial charge in [-0.15, -0.1) is 0 Å². The van der Waals surface area contributed by atoms with E-state index in [1.807, 2.05) is 0 Å². The maximum atomic E-state index is 12.1. The van der Waals surface area contributed by atoms with E-state index in [0.717, 1.165) is 10.7 Å². The van der Waals surface area contributed by atoms with Crippen molar-refractivity contribution in [2.24, 2.45) is 0 Å². The number of hydrogen-bond donors (Lipinski definition) is 3. The lowest BCUT2D eigenvalue weighted by Gasteiger charge is -2.36. The molecule has 3 N–H and O–H groups in total. The normalized spacial score (nSPS) is 33.9. The van der Waals surface area contributed by atoms with Crippen molar-refractivity contribution in [2.45, 2.75) is 50.3 Å². The third-order valence-electron chi connectivity index (χ3n) is 3.48. The van der Waals surface area contributed by atoms with Crippen LogP contribution in [0, 0.1) is 0 Å². The first-order valence-corrected chi connectivity index (χ1v) is 7.54. The van der Waals surface area contributed by atoms with Gasteiger partial charge in [0.05, 0.1) is 6.10 Å². The average Bonchev–Trinajstić information content (AvgIpc) is 2.26. The number of nitrogens with one attached hydrogen (secondary N) is 1. The van der Waals surface area contributed by atoms with E-state index in [4.69, 9.17) is 10.2 Å². The Morgan fingerprint density at radius 3 is 2.50 bits per heavy atom. The zero-order valence-corrected chi connectivity index (χ0v) is 10.8. The zero-order valence-electron chi connectivity index (χ0n) is 9.95. The predicted molar refractivity (Wildman–Crippen MR) is 63.1 cm³/mol. The van der Waals surface area contributed by atoms with Crippen LogP contribution in [0.4, 0.5) is 0 Å². The van der Waals surface area contributed by atoms with Crippen LogP contribution in [0.25, 0.3) is 0 Å². The Balaban J connectivity index is 2.04. The second kappa shape index (κ2) is 5.12.